The van der Waals surface area contributed by atoms with E-state index in [4.69, 9.17) is 14.2 Å². The highest BCUT2D eigenvalue weighted by Crippen LogP contribution is 2.39. The zero-order chi connectivity index (χ0) is 23.3. The van der Waals surface area contributed by atoms with Gasteiger partial charge in [0.25, 0.3) is 11.1 Å². The van der Waals surface area contributed by atoms with Gasteiger partial charge in [-0.25, -0.2) is 9.18 Å². The number of amides is 2. The molecular weight excluding hydrogens is 505 g/mol. The predicted octanol–water partition coefficient (Wildman–Crippen LogP) is 4.78. The molecule has 168 valence electrons. The fraction of sp³-hybridized carbons (Fsp3) is 0.227. The summed E-state index contributed by atoms with van der Waals surface area (Å²) in [5, 5.41) is -0.411. The van der Waals surface area contributed by atoms with E-state index in [1.54, 1.807) is 25.1 Å². The molecule has 32 heavy (non-hydrogen) atoms. The third kappa shape index (κ3) is 5.68. The normalized spacial score (nSPS) is 14.8. The van der Waals surface area contributed by atoms with Crippen molar-refractivity contribution in [2.24, 2.45) is 0 Å². The molecule has 0 bridgehead atoms. The van der Waals surface area contributed by atoms with Crippen LogP contribution in [0.4, 0.5) is 9.18 Å². The molecule has 2 amide bonds. The lowest BCUT2D eigenvalue weighted by Gasteiger charge is -2.13. The number of methoxy groups -OCH3 is 1. The first-order chi connectivity index (χ1) is 15.3. The number of carbonyl (C=O) groups excluding carboxylic acids is 3. The first-order valence-corrected chi connectivity index (χ1v) is 11.1. The Labute approximate surface area is 196 Å². The third-order valence-corrected chi connectivity index (χ3v) is 5.81. The van der Waals surface area contributed by atoms with Gasteiger partial charge in [0.1, 0.15) is 5.82 Å². The summed E-state index contributed by atoms with van der Waals surface area (Å²) in [5.41, 5.74) is 1.23. The average molecular weight is 524 g/mol. The Morgan fingerprint density at radius 2 is 1.94 bits per heavy atom. The van der Waals surface area contributed by atoms with Gasteiger partial charge in [-0.2, -0.15) is 0 Å². The first kappa shape index (κ1) is 23.8. The summed E-state index contributed by atoms with van der Waals surface area (Å²) >= 11 is 4.20. The van der Waals surface area contributed by atoms with Crippen LogP contribution in [0.5, 0.6) is 11.5 Å². The summed E-state index contributed by atoms with van der Waals surface area (Å²) in [7, 11) is 1.44. The molecule has 3 rings (SSSR count). The second-order valence-corrected chi connectivity index (χ2v) is 8.37. The van der Waals surface area contributed by atoms with Crippen LogP contribution in [0.1, 0.15) is 18.1 Å². The lowest BCUT2D eigenvalue weighted by atomic mass is 10.1. The number of benzene rings is 2. The minimum Gasteiger partial charge on any atom is -0.493 e. The molecule has 2 aromatic carbocycles. The molecule has 7 nitrogen and oxygen atoms in total. The van der Waals surface area contributed by atoms with Crippen molar-refractivity contribution in [2.75, 3.05) is 20.3 Å². The summed E-state index contributed by atoms with van der Waals surface area (Å²) < 4.78 is 29.3. The molecule has 2 aromatic rings. The van der Waals surface area contributed by atoms with Crippen LogP contribution in [0.3, 0.4) is 0 Å². The molecule has 0 aliphatic carbocycles. The fourth-order valence-corrected chi connectivity index (χ4v) is 4.27. The van der Waals surface area contributed by atoms with Gasteiger partial charge < -0.3 is 14.2 Å². The summed E-state index contributed by atoms with van der Waals surface area (Å²) in [5.74, 6) is -0.706. The second kappa shape index (κ2) is 10.6. The predicted molar refractivity (Wildman–Crippen MR) is 121 cm³/mol. The number of nitrogens with zero attached hydrogens (tertiary/aromatic N) is 1. The number of carbonyl (C=O) groups is 3. The van der Waals surface area contributed by atoms with Gasteiger partial charge in [-0.3, -0.25) is 14.5 Å². The maximum absolute atomic E-state index is 13.1. The minimum absolute atomic E-state index is 0.0515. The number of halogens is 2. The molecule has 0 unspecified atom stereocenters. The maximum atomic E-state index is 13.1. The summed E-state index contributed by atoms with van der Waals surface area (Å²) in [6, 6.07) is 8.91. The molecule has 0 spiro atoms. The van der Waals surface area contributed by atoms with Crippen LogP contribution in [-0.2, 0) is 20.9 Å². The molecule has 1 saturated heterocycles. The fourth-order valence-electron chi connectivity index (χ4n) is 2.86. The Morgan fingerprint density at radius 1 is 1.22 bits per heavy atom. The van der Waals surface area contributed by atoms with Crippen LogP contribution in [0.15, 0.2) is 45.8 Å². The summed E-state index contributed by atoms with van der Waals surface area (Å²) in [6.07, 6.45) is 1.57. The Hall–Kier alpha value is -2.85. The Balaban J connectivity index is 1.79. The summed E-state index contributed by atoms with van der Waals surface area (Å²) in [6.45, 7) is 1.71. The number of rotatable bonds is 8. The van der Waals surface area contributed by atoms with Crippen LogP contribution >= 0.6 is 27.7 Å². The lowest BCUT2D eigenvalue weighted by Crippen LogP contribution is -2.27. The van der Waals surface area contributed by atoms with Crippen LogP contribution in [0.2, 0.25) is 0 Å². The average Bonchev–Trinajstić information content (AvgIpc) is 3.01. The van der Waals surface area contributed by atoms with Gasteiger partial charge in [-0.05, 0) is 76.1 Å². The van der Waals surface area contributed by atoms with Gasteiger partial charge in [0.05, 0.1) is 29.6 Å². The zero-order valence-electron chi connectivity index (χ0n) is 17.2. The van der Waals surface area contributed by atoms with E-state index >= 15 is 0 Å². The van der Waals surface area contributed by atoms with E-state index in [1.165, 1.54) is 31.4 Å². The Kier molecular flexibility index (Phi) is 7.92. The molecule has 0 N–H and O–H groups in total. The lowest BCUT2D eigenvalue weighted by molar-refractivity contribution is -0.145. The quantitative estimate of drug-likeness (QED) is 0.363. The van der Waals surface area contributed by atoms with E-state index in [-0.39, 0.29) is 24.7 Å². The van der Waals surface area contributed by atoms with E-state index in [0.717, 1.165) is 16.7 Å². The van der Waals surface area contributed by atoms with Gasteiger partial charge >= 0.3 is 5.97 Å². The van der Waals surface area contributed by atoms with Crippen molar-refractivity contribution in [1.29, 1.82) is 0 Å². The molecule has 0 aromatic heterocycles. The topological polar surface area (TPSA) is 82.1 Å². The Bertz CT molecular complexity index is 1070. The van der Waals surface area contributed by atoms with Crippen molar-refractivity contribution < 1.29 is 33.0 Å². The molecule has 10 heteroatoms. The number of hydrogen-bond donors (Lipinski definition) is 0. The van der Waals surface area contributed by atoms with Gasteiger partial charge in [0, 0.05) is 0 Å². The Morgan fingerprint density at radius 3 is 2.59 bits per heavy atom. The van der Waals surface area contributed by atoms with E-state index < -0.39 is 22.9 Å². The number of thioether (sulfide) groups is 1. The third-order valence-electron chi connectivity index (χ3n) is 4.32. The molecule has 1 aliphatic rings. The second-order valence-electron chi connectivity index (χ2n) is 6.52. The largest absolute Gasteiger partial charge is 0.493 e. The van der Waals surface area contributed by atoms with Gasteiger partial charge in [-0.15, -0.1) is 0 Å². The molecule has 0 saturated carbocycles. The standard InChI is InChI=1S/C22H19BrFNO6S/c1-3-30-19(26)12-31-20-16(23)8-14(9-17(20)29-2)10-18-21(27)25(22(28)32-18)11-13-4-6-15(24)7-5-13/h4-10H,3,11-12H2,1-2H3/b18-10-. The first-order valence-electron chi connectivity index (χ1n) is 9.48. The van der Waals surface area contributed by atoms with Crippen molar-refractivity contribution in [3.63, 3.8) is 0 Å². The van der Waals surface area contributed by atoms with Crippen LogP contribution in [-0.4, -0.2) is 42.3 Å². The summed E-state index contributed by atoms with van der Waals surface area (Å²) in [4.78, 5) is 38.0. The molecular formula is C22H19BrFNO6S. The van der Waals surface area contributed by atoms with Crippen LogP contribution in [0, 0.1) is 5.82 Å². The van der Waals surface area contributed by atoms with E-state index in [9.17, 15) is 18.8 Å². The monoisotopic (exact) mass is 523 g/mol. The molecule has 1 fully saturated rings. The molecule has 1 aliphatic heterocycles. The van der Waals surface area contributed by atoms with E-state index in [1.807, 2.05) is 0 Å². The minimum atomic E-state index is -0.514. The molecule has 1 heterocycles. The van der Waals surface area contributed by atoms with Gasteiger partial charge in [-0.1, -0.05) is 12.1 Å². The van der Waals surface area contributed by atoms with Crippen molar-refractivity contribution in [1.82, 2.24) is 4.90 Å². The van der Waals surface area contributed by atoms with Crippen molar-refractivity contribution in [3.05, 3.63) is 62.7 Å². The van der Waals surface area contributed by atoms with Crippen molar-refractivity contribution in [3.8, 4) is 11.5 Å². The van der Waals surface area contributed by atoms with E-state index in [0.29, 0.717) is 27.1 Å². The zero-order valence-corrected chi connectivity index (χ0v) is 19.6. The highest BCUT2D eigenvalue weighted by atomic mass is 79.9. The van der Waals surface area contributed by atoms with Gasteiger partial charge in [0.15, 0.2) is 18.1 Å². The number of imide groups is 1. The van der Waals surface area contributed by atoms with Crippen molar-refractivity contribution >= 4 is 50.9 Å². The number of hydrogen-bond acceptors (Lipinski definition) is 7. The highest BCUT2D eigenvalue weighted by molar-refractivity contribution is 9.10. The van der Waals surface area contributed by atoms with E-state index in [2.05, 4.69) is 15.9 Å². The van der Waals surface area contributed by atoms with Gasteiger partial charge in [0.2, 0.25) is 0 Å². The molecule has 0 atom stereocenters. The highest BCUT2D eigenvalue weighted by Gasteiger charge is 2.35. The van der Waals surface area contributed by atoms with Crippen LogP contribution in [0.25, 0.3) is 6.08 Å². The number of esters is 1. The van der Waals surface area contributed by atoms with Crippen LogP contribution < -0.4 is 9.47 Å². The number of ether oxygens (including phenoxy) is 3. The smallest absolute Gasteiger partial charge is 0.344 e. The SMILES string of the molecule is CCOC(=O)COc1c(Br)cc(/C=C2\SC(=O)N(Cc3ccc(F)cc3)C2=O)cc1OC. The molecule has 0 radical (unpaired) electrons. The van der Waals surface area contributed by atoms with Crippen molar-refractivity contribution in [2.45, 2.75) is 13.5 Å². The maximum Gasteiger partial charge on any atom is 0.344 e.